The van der Waals surface area contributed by atoms with Crippen LogP contribution in [0.4, 0.5) is 10.1 Å². The van der Waals surface area contributed by atoms with Gasteiger partial charge in [0.05, 0.1) is 6.04 Å². The van der Waals surface area contributed by atoms with Gasteiger partial charge in [-0.15, -0.1) is 0 Å². The second-order valence-electron chi connectivity index (χ2n) is 4.86. The molecule has 2 atom stereocenters. The number of hydrogen-bond donors (Lipinski definition) is 1. The summed E-state index contributed by atoms with van der Waals surface area (Å²) in [4.78, 5) is 0. The lowest BCUT2D eigenvalue weighted by Gasteiger charge is -2.11. The number of halogens is 1. The molecular formula is C15H12FN. The van der Waals surface area contributed by atoms with Crippen LogP contribution in [-0.4, -0.2) is 0 Å². The molecule has 1 nitrogen and oxygen atoms in total. The number of hydrogen-bond acceptors (Lipinski definition) is 1. The molecule has 2 heteroatoms. The largest absolute Gasteiger partial charge is 0.377 e. The van der Waals surface area contributed by atoms with Gasteiger partial charge in [-0.2, -0.15) is 0 Å². The van der Waals surface area contributed by atoms with Gasteiger partial charge in [-0.1, -0.05) is 24.3 Å². The van der Waals surface area contributed by atoms with E-state index < -0.39 is 0 Å². The van der Waals surface area contributed by atoms with Gasteiger partial charge in [0.15, 0.2) is 0 Å². The third kappa shape index (κ3) is 1.18. The lowest BCUT2D eigenvalue weighted by molar-refractivity contribution is 0.619. The number of rotatable bonds is 0. The minimum Gasteiger partial charge on any atom is -0.377 e. The lowest BCUT2D eigenvalue weighted by atomic mass is 9.96. The normalized spacial score (nSPS) is 23.8. The molecule has 0 spiro atoms. The Bertz CT molecular complexity index is 606. The Morgan fingerprint density at radius 3 is 2.88 bits per heavy atom. The zero-order valence-electron chi connectivity index (χ0n) is 9.28. The van der Waals surface area contributed by atoms with Crippen LogP contribution in [0.15, 0.2) is 42.5 Å². The summed E-state index contributed by atoms with van der Waals surface area (Å²) < 4.78 is 13.3. The van der Waals surface area contributed by atoms with E-state index in [1.54, 1.807) is 6.07 Å². The number of fused-ring (bicyclic) bond motifs is 5. The molecule has 0 unspecified atom stereocenters. The Morgan fingerprint density at radius 2 is 1.94 bits per heavy atom. The maximum absolute atomic E-state index is 13.3. The highest BCUT2D eigenvalue weighted by Gasteiger charge is 2.39. The zero-order valence-corrected chi connectivity index (χ0v) is 9.28. The molecule has 0 amide bonds. The Hall–Kier alpha value is -1.83. The first-order chi connectivity index (χ1) is 8.33. The van der Waals surface area contributed by atoms with Crippen LogP contribution in [0.1, 0.15) is 28.7 Å². The van der Waals surface area contributed by atoms with Crippen LogP contribution in [0, 0.1) is 5.82 Å². The van der Waals surface area contributed by atoms with E-state index in [-0.39, 0.29) is 5.82 Å². The summed E-state index contributed by atoms with van der Waals surface area (Å²) in [5, 5.41) is 3.51. The molecule has 1 aliphatic carbocycles. The first-order valence-corrected chi connectivity index (χ1v) is 5.97. The minimum absolute atomic E-state index is 0.137. The van der Waals surface area contributed by atoms with Crippen LogP contribution >= 0.6 is 0 Å². The van der Waals surface area contributed by atoms with Crippen molar-refractivity contribution in [3.8, 4) is 0 Å². The van der Waals surface area contributed by atoms with E-state index in [0.29, 0.717) is 12.0 Å². The van der Waals surface area contributed by atoms with Gasteiger partial charge in [0.2, 0.25) is 0 Å². The van der Waals surface area contributed by atoms with Crippen molar-refractivity contribution >= 4 is 5.69 Å². The van der Waals surface area contributed by atoms with Crippen LogP contribution in [0.25, 0.3) is 0 Å². The summed E-state index contributed by atoms with van der Waals surface area (Å²) in [6.45, 7) is 0. The van der Waals surface area contributed by atoms with Gasteiger partial charge in [0.1, 0.15) is 5.82 Å². The maximum Gasteiger partial charge on any atom is 0.123 e. The van der Waals surface area contributed by atoms with Gasteiger partial charge in [-0.05, 0) is 41.3 Å². The van der Waals surface area contributed by atoms with Crippen LogP contribution in [0.5, 0.6) is 0 Å². The first kappa shape index (κ1) is 9.23. The molecule has 4 rings (SSSR count). The molecule has 1 heterocycles. The molecule has 0 radical (unpaired) electrons. The molecule has 2 aromatic rings. The highest BCUT2D eigenvalue weighted by atomic mass is 19.1. The third-order valence-electron chi connectivity index (χ3n) is 3.96. The standard InChI is InChI=1S/C15H12FN/c16-10-5-6-14-12(8-10)13-7-9-3-1-2-4-11(9)15(13)17-14/h1-6,8,13,15,17H,7H2/t13-,15-/m1/s1. The number of benzene rings is 2. The quantitative estimate of drug-likeness (QED) is 0.722. The van der Waals surface area contributed by atoms with Crippen molar-refractivity contribution in [1.29, 1.82) is 0 Å². The Balaban J connectivity index is 1.85. The second-order valence-corrected chi connectivity index (χ2v) is 4.86. The van der Waals surface area contributed by atoms with Crippen molar-refractivity contribution in [3.63, 3.8) is 0 Å². The van der Waals surface area contributed by atoms with Crippen molar-refractivity contribution in [2.45, 2.75) is 18.4 Å². The van der Waals surface area contributed by atoms with Gasteiger partial charge in [-0.3, -0.25) is 0 Å². The molecule has 1 N–H and O–H groups in total. The van der Waals surface area contributed by atoms with Crippen LogP contribution < -0.4 is 5.32 Å². The molecule has 0 aromatic heterocycles. The van der Waals surface area contributed by atoms with Crippen molar-refractivity contribution in [3.05, 3.63) is 65.0 Å². The van der Waals surface area contributed by atoms with Crippen LogP contribution in [0.3, 0.4) is 0 Å². The molecule has 1 aliphatic heterocycles. The predicted molar refractivity (Wildman–Crippen MR) is 65.7 cm³/mol. The van der Waals surface area contributed by atoms with Crippen molar-refractivity contribution in [2.75, 3.05) is 5.32 Å². The molecule has 0 saturated heterocycles. The minimum atomic E-state index is -0.137. The topological polar surface area (TPSA) is 12.0 Å². The lowest BCUT2D eigenvalue weighted by Crippen LogP contribution is -2.05. The SMILES string of the molecule is Fc1ccc2c(c1)[C@H]1Cc3ccccc3[C@H]1N2. The fraction of sp³-hybridized carbons (Fsp3) is 0.200. The highest BCUT2D eigenvalue weighted by molar-refractivity contribution is 5.64. The smallest absolute Gasteiger partial charge is 0.123 e. The van der Waals surface area contributed by atoms with Crippen molar-refractivity contribution < 1.29 is 4.39 Å². The molecule has 0 bridgehead atoms. The van der Waals surface area contributed by atoms with Gasteiger partial charge in [-0.25, -0.2) is 4.39 Å². The summed E-state index contributed by atoms with van der Waals surface area (Å²) in [5.74, 6) is 0.264. The van der Waals surface area contributed by atoms with Crippen LogP contribution in [-0.2, 0) is 6.42 Å². The van der Waals surface area contributed by atoms with Gasteiger partial charge in [0.25, 0.3) is 0 Å². The fourth-order valence-corrected chi connectivity index (χ4v) is 3.20. The molecular weight excluding hydrogens is 213 g/mol. The Morgan fingerprint density at radius 1 is 1.06 bits per heavy atom. The van der Waals surface area contributed by atoms with E-state index >= 15 is 0 Å². The Labute approximate surface area is 99.3 Å². The molecule has 0 saturated carbocycles. The van der Waals surface area contributed by atoms with E-state index in [4.69, 9.17) is 0 Å². The van der Waals surface area contributed by atoms with E-state index in [1.165, 1.54) is 17.2 Å². The average Bonchev–Trinajstić information content (AvgIpc) is 2.85. The van der Waals surface area contributed by atoms with Crippen molar-refractivity contribution in [2.24, 2.45) is 0 Å². The molecule has 17 heavy (non-hydrogen) atoms. The first-order valence-electron chi connectivity index (χ1n) is 5.97. The zero-order chi connectivity index (χ0) is 11.4. The molecule has 2 aliphatic rings. The van der Waals surface area contributed by atoms with Gasteiger partial charge < -0.3 is 5.32 Å². The van der Waals surface area contributed by atoms with Crippen molar-refractivity contribution in [1.82, 2.24) is 0 Å². The summed E-state index contributed by atoms with van der Waals surface area (Å²) in [6.07, 6.45) is 1.02. The summed E-state index contributed by atoms with van der Waals surface area (Å²) in [5.41, 5.74) is 4.99. The highest BCUT2D eigenvalue weighted by Crippen LogP contribution is 2.51. The number of nitrogens with one attached hydrogen (secondary N) is 1. The number of anilines is 1. The molecule has 2 aromatic carbocycles. The summed E-state index contributed by atoms with van der Waals surface area (Å²) >= 11 is 0. The fourth-order valence-electron chi connectivity index (χ4n) is 3.20. The second kappa shape index (κ2) is 3.10. The van der Waals surface area contributed by atoms with Gasteiger partial charge in [0, 0.05) is 11.6 Å². The molecule has 0 fully saturated rings. The van der Waals surface area contributed by atoms with E-state index in [1.807, 2.05) is 6.07 Å². The van der Waals surface area contributed by atoms with Gasteiger partial charge >= 0.3 is 0 Å². The monoisotopic (exact) mass is 225 g/mol. The van der Waals surface area contributed by atoms with Crippen LogP contribution in [0.2, 0.25) is 0 Å². The van der Waals surface area contributed by atoms with E-state index in [0.717, 1.165) is 17.7 Å². The van der Waals surface area contributed by atoms with E-state index in [2.05, 4.69) is 29.6 Å². The average molecular weight is 225 g/mol. The predicted octanol–water partition coefficient (Wildman–Crippen LogP) is 3.63. The summed E-state index contributed by atoms with van der Waals surface area (Å²) in [6, 6.07) is 13.9. The summed E-state index contributed by atoms with van der Waals surface area (Å²) in [7, 11) is 0. The van der Waals surface area contributed by atoms with E-state index in [9.17, 15) is 4.39 Å². The third-order valence-corrected chi connectivity index (χ3v) is 3.96. The maximum atomic E-state index is 13.3. The molecule has 84 valence electrons. The Kier molecular flexibility index (Phi) is 1.68.